The fourth-order valence-corrected chi connectivity index (χ4v) is 2.31. The van der Waals surface area contributed by atoms with Crippen LogP contribution < -0.4 is 5.32 Å². The summed E-state index contributed by atoms with van der Waals surface area (Å²) in [4.78, 5) is 1.26. The highest BCUT2D eigenvalue weighted by atomic mass is 32.1. The molecular formula is C10H19N3OS. The molecule has 15 heavy (non-hydrogen) atoms. The van der Waals surface area contributed by atoms with Gasteiger partial charge in [-0.15, -0.1) is 5.10 Å². The van der Waals surface area contributed by atoms with E-state index in [2.05, 4.69) is 21.8 Å². The van der Waals surface area contributed by atoms with Crippen LogP contribution in [0.25, 0.3) is 0 Å². The summed E-state index contributed by atoms with van der Waals surface area (Å²) in [6.45, 7) is 5.91. The van der Waals surface area contributed by atoms with E-state index in [1.165, 1.54) is 16.4 Å². The van der Waals surface area contributed by atoms with Crippen LogP contribution in [0, 0.1) is 6.92 Å². The second-order valence-corrected chi connectivity index (χ2v) is 4.25. The summed E-state index contributed by atoms with van der Waals surface area (Å²) in [6.07, 6.45) is 2.14. The van der Waals surface area contributed by atoms with Crippen LogP contribution in [0.4, 0.5) is 0 Å². The SMILES string of the molecule is CCNC(CCCOC)c1snnc1C. The van der Waals surface area contributed by atoms with Crippen molar-refractivity contribution in [2.45, 2.75) is 32.7 Å². The summed E-state index contributed by atoms with van der Waals surface area (Å²) in [5.41, 5.74) is 1.04. The van der Waals surface area contributed by atoms with Crippen LogP contribution in [0.3, 0.4) is 0 Å². The van der Waals surface area contributed by atoms with E-state index in [0.29, 0.717) is 6.04 Å². The minimum Gasteiger partial charge on any atom is -0.385 e. The van der Waals surface area contributed by atoms with E-state index in [9.17, 15) is 0 Å². The van der Waals surface area contributed by atoms with E-state index in [-0.39, 0.29) is 0 Å². The second-order valence-electron chi connectivity index (χ2n) is 3.47. The van der Waals surface area contributed by atoms with Gasteiger partial charge in [0.15, 0.2) is 0 Å². The highest BCUT2D eigenvalue weighted by molar-refractivity contribution is 7.05. The van der Waals surface area contributed by atoms with Crippen molar-refractivity contribution < 1.29 is 4.74 Å². The number of ether oxygens (including phenoxy) is 1. The fraction of sp³-hybridized carbons (Fsp3) is 0.800. The maximum absolute atomic E-state index is 5.06. The van der Waals surface area contributed by atoms with E-state index >= 15 is 0 Å². The molecule has 0 spiro atoms. The summed E-state index contributed by atoms with van der Waals surface area (Å²) < 4.78 is 9.04. The van der Waals surface area contributed by atoms with E-state index in [1.54, 1.807) is 7.11 Å². The Morgan fingerprint density at radius 3 is 2.87 bits per heavy atom. The molecular weight excluding hydrogens is 210 g/mol. The fourth-order valence-electron chi connectivity index (χ4n) is 1.56. The summed E-state index contributed by atoms with van der Waals surface area (Å²) in [5.74, 6) is 0. The number of aromatic nitrogens is 2. The first-order chi connectivity index (χ1) is 7.29. The summed E-state index contributed by atoms with van der Waals surface area (Å²) in [5, 5.41) is 7.50. The number of hydrogen-bond donors (Lipinski definition) is 1. The first-order valence-electron chi connectivity index (χ1n) is 5.30. The number of hydrogen-bond acceptors (Lipinski definition) is 5. The van der Waals surface area contributed by atoms with Crippen molar-refractivity contribution in [3.63, 3.8) is 0 Å². The largest absolute Gasteiger partial charge is 0.385 e. The van der Waals surface area contributed by atoms with Gasteiger partial charge in [-0.05, 0) is 37.8 Å². The molecule has 1 rings (SSSR count). The minimum atomic E-state index is 0.380. The van der Waals surface area contributed by atoms with Gasteiger partial charge < -0.3 is 10.1 Å². The van der Waals surface area contributed by atoms with Crippen LogP contribution in [0.5, 0.6) is 0 Å². The molecule has 0 bridgehead atoms. The lowest BCUT2D eigenvalue weighted by Crippen LogP contribution is -2.21. The quantitative estimate of drug-likeness (QED) is 0.726. The zero-order chi connectivity index (χ0) is 11.1. The maximum Gasteiger partial charge on any atom is 0.0772 e. The number of nitrogens with zero attached hydrogens (tertiary/aromatic N) is 2. The molecule has 0 aliphatic carbocycles. The van der Waals surface area contributed by atoms with Crippen LogP contribution in [0.2, 0.25) is 0 Å². The molecule has 5 heteroatoms. The molecule has 0 aromatic carbocycles. The normalized spacial score (nSPS) is 13.0. The molecule has 1 aromatic heterocycles. The molecule has 4 nitrogen and oxygen atoms in total. The van der Waals surface area contributed by atoms with Gasteiger partial charge in [0.05, 0.1) is 10.6 Å². The van der Waals surface area contributed by atoms with Gasteiger partial charge in [0, 0.05) is 19.8 Å². The van der Waals surface area contributed by atoms with Gasteiger partial charge in [0.1, 0.15) is 0 Å². The Labute approximate surface area is 95.2 Å². The van der Waals surface area contributed by atoms with Gasteiger partial charge in [-0.1, -0.05) is 11.4 Å². The predicted molar refractivity (Wildman–Crippen MR) is 62.2 cm³/mol. The van der Waals surface area contributed by atoms with Crippen molar-refractivity contribution in [3.8, 4) is 0 Å². The highest BCUT2D eigenvalue weighted by Gasteiger charge is 2.15. The van der Waals surface area contributed by atoms with Crippen LogP contribution in [0.15, 0.2) is 0 Å². The smallest absolute Gasteiger partial charge is 0.0772 e. The van der Waals surface area contributed by atoms with Crippen molar-refractivity contribution in [1.82, 2.24) is 14.9 Å². The molecule has 0 amide bonds. The molecule has 0 radical (unpaired) electrons. The topological polar surface area (TPSA) is 47.0 Å². The Balaban J connectivity index is 2.53. The Bertz CT molecular complexity index is 277. The average molecular weight is 229 g/mol. The van der Waals surface area contributed by atoms with Gasteiger partial charge >= 0.3 is 0 Å². The van der Waals surface area contributed by atoms with E-state index in [1.807, 2.05) is 6.92 Å². The van der Waals surface area contributed by atoms with Crippen molar-refractivity contribution in [3.05, 3.63) is 10.6 Å². The lowest BCUT2D eigenvalue weighted by molar-refractivity contribution is 0.189. The van der Waals surface area contributed by atoms with Gasteiger partial charge in [-0.3, -0.25) is 0 Å². The zero-order valence-corrected chi connectivity index (χ0v) is 10.4. The van der Waals surface area contributed by atoms with Gasteiger partial charge in [0.2, 0.25) is 0 Å². The Morgan fingerprint density at radius 1 is 1.53 bits per heavy atom. The molecule has 86 valence electrons. The number of nitrogens with one attached hydrogen (secondary N) is 1. The molecule has 0 fully saturated rings. The first kappa shape index (κ1) is 12.5. The Hall–Kier alpha value is -0.520. The average Bonchev–Trinajstić information content (AvgIpc) is 2.64. The van der Waals surface area contributed by atoms with Gasteiger partial charge in [0.25, 0.3) is 0 Å². The minimum absolute atomic E-state index is 0.380. The van der Waals surface area contributed by atoms with E-state index < -0.39 is 0 Å². The van der Waals surface area contributed by atoms with Crippen molar-refractivity contribution in [2.75, 3.05) is 20.3 Å². The van der Waals surface area contributed by atoms with Crippen molar-refractivity contribution in [1.29, 1.82) is 0 Å². The van der Waals surface area contributed by atoms with Gasteiger partial charge in [-0.2, -0.15) is 0 Å². The highest BCUT2D eigenvalue weighted by Crippen LogP contribution is 2.23. The summed E-state index contributed by atoms with van der Waals surface area (Å²) >= 11 is 1.49. The molecule has 0 saturated carbocycles. The molecule has 1 atom stereocenters. The molecule has 1 heterocycles. The number of methoxy groups -OCH3 is 1. The molecule has 0 aliphatic rings. The Kier molecular flexibility index (Phi) is 5.75. The van der Waals surface area contributed by atoms with E-state index in [4.69, 9.17) is 4.74 Å². The number of aryl methyl sites for hydroxylation is 1. The van der Waals surface area contributed by atoms with Crippen molar-refractivity contribution in [2.24, 2.45) is 0 Å². The van der Waals surface area contributed by atoms with E-state index in [0.717, 1.165) is 31.7 Å². The monoisotopic (exact) mass is 229 g/mol. The van der Waals surface area contributed by atoms with Crippen LogP contribution >= 0.6 is 11.5 Å². The van der Waals surface area contributed by atoms with Crippen LogP contribution in [0.1, 0.15) is 36.4 Å². The molecule has 0 saturated heterocycles. The van der Waals surface area contributed by atoms with Crippen molar-refractivity contribution >= 4 is 11.5 Å². The molecule has 1 aromatic rings. The summed E-state index contributed by atoms with van der Waals surface area (Å²) in [7, 11) is 1.74. The standard InChI is InChI=1S/C10H19N3OS/c1-4-11-9(6-5-7-14-3)10-8(2)12-13-15-10/h9,11H,4-7H2,1-3H3. The Morgan fingerprint density at radius 2 is 2.33 bits per heavy atom. The summed E-state index contributed by atoms with van der Waals surface area (Å²) in [6, 6.07) is 0.380. The second kappa shape index (κ2) is 6.87. The lowest BCUT2D eigenvalue weighted by atomic mass is 10.1. The third-order valence-corrected chi connectivity index (χ3v) is 3.23. The van der Waals surface area contributed by atoms with Crippen LogP contribution in [-0.2, 0) is 4.74 Å². The van der Waals surface area contributed by atoms with Gasteiger partial charge in [-0.25, -0.2) is 0 Å². The molecule has 1 unspecified atom stereocenters. The number of rotatable bonds is 7. The molecule has 1 N–H and O–H groups in total. The first-order valence-corrected chi connectivity index (χ1v) is 6.08. The zero-order valence-electron chi connectivity index (χ0n) is 9.62. The maximum atomic E-state index is 5.06. The van der Waals surface area contributed by atoms with Crippen LogP contribution in [-0.4, -0.2) is 29.8 Å². The lowest BCUT2D eigenvalue weighted by Gasteiger charge is -2.15. The predicted octanol–water partition coefficient (Wildman–Crippen LogP) is 1.92. The third kappa shape index (κ3) is 3.85. The molecule has 0 aliphatic heterocycles. The third-order valence-electron chi connectivity index (χ3n) is 2.29.